The lowest BCUT2D eigenvalue weighted by Crippen LogP contribution is -2.41. The number of hydrogen-bond acceptors (Lipinski definition) is 4. The van der Waals surface area contributed by atoms with Crippen LogP contribution in [0.5, 0.6) is 0 Å². The fourth-order valence-electron chi connectivity index (χ4n) is 0.964. The van der Waals surface area contributed by atoms with Crippen molar-refractivity contribution in [2.75, 3.05) is 0 Å². The summed E-state index contributed by atoms with van der Waals surface area (Å²) < 4.78 is 0.907. The highest BCUT2D eigenvalue weighted by Crippen LogP contribution is 1.96. The molecule has 1 unspecified atom stereocenters. The first-order valence-corrected chi connectivity index (χ1v) is 3.88. The number of carbonyl (C=O) groups is 1. The van der Waals surface area contributed by atoms with Gasteiger partial charge in [-0.1, -0.05) is 0 Å². The van der Waals surface area contributed by atoms with E-state index in [0.717, 1.165) is 16.8 Å². The Labute approximate surface area is 78.5 Å². The molecule has 0 saturated carbocycles. The van der Waals surface area contributed by atoms with Gasteiger partial charge in [0, 0.05) is 12.1 Å². The average molecular weight is 198 g/mol. The predicted molar refractivity (Wildman–Crippen MR) is 48.4 cm³/mol. The van der Waals surface area contributed by atoms with Crippen LogP contribution in [0.3, 0.4) is 0 Å². The molecule has 1 aromatic heterocycles. The Bertz CT molecular complexity index is 447. The number of carbonyl (C=O) groups excluding carboxylic acids is 1. The van der Waals surface area contributed by atoms with Crippen LogP contribution in [-0.4, -0.2) is 15.7 Å². The summed E-state index contributed by atoms with van der Waals surface area (Å²) in [5.41, 5.74) is 0.960. The summed E-state index contributed by atoms with van der Waals surface area (Å²) in [5.74, 6) is 4.33. The third kappa shape index (κ3) is 1.88. The number of aromatic amines is 1. The third-order valence-electron chi connectivity index (χ3n) is 1.75. The smallest absolute Gasteiger partial charge is 0.265 e. The number of aromatic nitrogens is 2. The van der Waals surface area contributed by atoms with Crippen molar-refractivity contribution in [2.45, 2.75) is 13.0 Å². The van der Waals surface area contributed by atoms with Crippen LogP contribution in [0.1, 0.15) is 13.0 Å². The minimum absolute atomic E-state index is 0.457. The second-order valence-corrected chi connectivity index (χ2v) is 2.70. The summed E-state index contributed by atoms with van der Waals surface area (Å²) in [5, 5.41) is 2.22. The summed E-state index contributed by atoms with van der Waals surface area (Å²) in [7, 11) is 0. The molecule has 1 amide bonds. The number of nitrogens with one attached hydrogen (secondary N) is 2. The molecule has 1 rings (SSSR count). The lowest BCUT2D eigenvalue weighted by molar-refractivity contribution is -0.124. The van der Waals surface area contributed by atoms with Gasteiger partial charge in [-0.15, -0.1) is 0 Å². The molecule has 0 spiro atoms. The van der Waals surface area contributed by atoms with Crippen molar-refractivity contribution in [1.29, 1.82) is 0 Å². The first kappa shape index (κ1) is 10.2. The Morgan fingerprint density at radius 2 is 2.21 bits per heavy atom. The quantitative estimate of drug-likeness (QED) is 0.292. The molecule has 0 aromatic carbocycles. The molecular weight excluding hydrogens is 188 g/mol. The number of amides is 1. The van der Waals surface area contributed by atoms with Crippen molar-refractivity contribution in [3.05, 3.63) is 32.8 Å². The molecule has 4 N–H and O–H groups in total. The molecule has 0 saturated heterocycles. The van der Waals surface area contributed by atoms with Gasteiger partial charge in [-0.25, -0.2) is 10.5 Å². The standard InChI is InChI=1S/C7H10N4O3/c1-4(7(14)9-8)11-6(13)3-2-5(12)10-11/h2-4H,8H2,1H3,(H,9,14)(H,10,12). The van der Waals surface area contributed by atoms with Gasteiger partial charge in [0.1, 0.15) is 6.04 Å². The van der Waals surface area contributed by atoms with Crippen LogP contribution in [0.4, 0.5) is 0 Å². The van der Waals surface area contributed by atoms with E-state index in [4.69, 9.17) is 5.84 Å². The van der Waals surface area contributed by atoms with Crippen LogP contribution < -0.4 is 22.4 Å². The highest BCUT2D eigenvalue weighted by molar-refractivity contribution is 5.78. The largest absolute Gasteiger partial charge is 0.292 e. The fraction of sp³-hybridized carbons (Fsp3) is 0.286. The van der Waals surface area contributed by atoms with E-state index in [9.17, 15) is 14.4 Å². The molecule has 1 aromatic rings. The molecule has 14 heavy (non-hydrogen) atoms. The number of hydrogen-bond donors (Lipinski definition) is 3. The first-order chi connectivity index (χ1) is 6.56. The number of hydrazine groups is 1. The van der Waals surface area contributed by atoms with Gasteiger partial charge < -0.3 is 0 Å². The number of nitrogens with zero attached hydrogens (tertiary/aromatic N) is 1. The second-order valence-electron chi connectivity index (χ2n) is 2.70. The van der Waals surface area contributed by atoms with Gasteiger partial charge in [0.2, 0.25) is 0 Å². The van der Waals surface area contributed by atoms with Crippen LogP contribution in [0.25, 0.3) is 0 Å². The van der Waals surface area contributed by atoms with Crippen LogP contribution in [0.2, 0.25) is 0 Å². The highest BCUT2D eigenvalue weighted by Gasteiger charge is 2.14. The predicted octanol–water partition coefficient (Wildman–Crippen LogP) is -1.91. The van der Waals surface area contributed by atoms with Crippen molar-refractivity contribution in [2.24, 2.45) is 5.84 Å². The topological polar surface area (TPSA) is 110 Å². The minimum Gasteiger partial charge on any atom is -0.292 e. The molecule has 7 nitrogen and oxygen atoms in total. The zero-order chi connectivity index (χ0) is 10.7. The molecule has 7 heteroatoms. The average Bonchev–Trinajstić information content (AvgIpc) is 2.19. The molecule has 0 fully saturated rings. The van der Waals surface area contributed by atoms with Crippen molar-refractivity contribution < 1.29 is 4.79 Å². The Morgan fingerprint density at radius 1 is 1.57 bits per heavy atom. The maximum Gasteiger partial charge on any atom is 0.265 e. The van der Waals surface area contributed by atoms with E-state index in [-0.39, 0.29) is 0 Å². The van der Waals surface area contributed by atoms with Crippen LogP contribution in [-0.2, 0) is 4.79 Å². The zero-order valence-electron chi connectivity index (χ0n) is 7.48. The molecule has 0 aliphatic rings. The normalized spacial score (nSPS) is 12.1. The Morgan fingerprint density at radius 3 is 2.79 bits per heavy atom. The van der Waals surface area contributed by atoms with E-state index >= 15 is 0 Å². The van der Waals surface area contributed by atoms with Crippen molar-refractivity contribution in [3.8, 4) is 0 Å². The summed E-state index contributed by atoms with van der Waals surface area (Å²) in [6.45, 7) is 1.44. The van der Waals surface area contributed by atoms with Gasteiger partial charge in [0.05, 0.1) is 0 Å². The van der Waals surface area contributed by atoms with Gasteiger partial charge in [-0.05, 0) is 6.92 Å². The van der Waals surface area contributed by atoms with E-state index < -0.39 is 23.1 Å². The SMILES string of the molecule is CC(C(=O)NN)n1[nH]c(=O)ccc1=O. The van der Waals surface area contributed by atoms with Gasteiger partial charge in [0.15, 0.2) is 0 Å². The monoisotopic (exact) mass is 198 g/mol. The second kappa shape index (κ2) is 3.88. The first-order valence-electron chi connectivity index (χ1n) is 3.88. The number of H-pyrrole nitrogens is 1. The van der Waals surface area contributed by atoms with E-state index in [0.29, 0.717) is 0 Å². The van der Waals surface area contributed by atoms with Gasteiger partial charge in [-0.3, -0.25) is 24.9 Å². The van der Waals surface area contributed by atoms with E-state index in [1.807, 2.05) is 5.43 Å². The molecule has 0 bridgehead atoms. The Kier molecular flexibility index (Phi) is 2.82. The molecule has 1 heterocycles. The minimum atomic E-state index is -0.846. The van der Waals surface area contributed by atoms with Gasteiger partial charge in [0.25, 0.3) is 17.0 Å². The van der Waals surface area contributed by atoms with Crippen LogP contribution >= 0.6 is 0 Å². The lowest BCUT2D eigenvalue weighted by Gasteiger charge is -2.11. The van der Waals surface area contributed by atoms with Crippen LogP contribution in [0, 0.1) is 0 Å². The van der Waals surface area contributed by atoms with E-state index in [1.165, 1.54) is 6.92 Å². The Balaban J connectivity index is 3.18. The lowest BCUT2D eigenvalue weighted by atomic mass is 10.3. The van der Waals surface area contributed by atoms with E-state index in [2.05, 4.69) is 5.10 Å². The molecule has 0 radical (unpaired) electrons. The van der Waals surface area contributed by atoms with E-state index in [1.54, 1.807) is 0 Å². The number of rotatable bonds is 2. The molecule has 76 valence electrons. The van der Waals surface area contributed by atoms with Crippen molar-refractivity contribution in [1.82, 2.24) is 15.2 Å². The maximum atomic E-state index is 11.2. The van der Waals surface area contributed by atoms with Crippen molar-refractivity contribution >= 4 is 5.91 Å². The summed E-state index contributed by atoms with van der Waals surface area (Å²) in [6.07, 6.45) is 0. The summed E-state index contributed by atoms with van der Waals surface area (Å²) in [6, 6.07) is 1.33. The summed E-state index contributed by atoms with van der Waals surface area (Å²) in [4.78, 5) is 33.1. The maximum absolute atomic E-state index is 11.2. The highest BCUT2D eigenvalue weighted by atomic mass is 16.2. The third-order valence-corrected chi connectivity index (χ3v) is 1.75. The van der Waals surface area contributed by atoms with Gasteiger partial charge >= 0.3 is 0 Å². The van der Waals surface area contributed by atoms with Crippen molar-refractivity contribution in [3.63, 3.8) is 0 Å². The van der Waals surface area contributed by atoms with Crippen LogP contribution in [0.15, 0.2) is 21.7 Å². The summed E-state index contributed by atoms with van der Waals surface area (Å²) >= 11 is 0. The zero-order valence-corrected chi connectivity index (χ0v) is 7.48. The molecule has 0 aliphatic heterocycles. The Hall–Kier alpha value is -1.89. The molecular formula is C7H10N4O3. The van der Waals surface area contributed by atoms with Gasteiger partial charge in [-0.2, -0.15) is 0 Å². The number of nitrogens with two attached hydrogens (primary N) is 1. The molecule has 0 aliphatic carbocycles. The molecule has 1 atom stereocenters. The fourth-order valence-corrected chi connectivity index (χ4v) is 0.964.